The summed E-state index contributed by atoms with van der Waals surface area (Å²) in [6.45, 7) is 8.03. The first kappa shape index (κ1) is 15.2. The van der Waals surface area contributed by atoms with E-state index < -0.39 is 0 Å². The fraction of sp³-hybridized carbons (Fsp3) is 0.571. The fourth-order valence-electron chi connectivity index (χ4n) is 2.22. The molecule has 0 spiro atoms. The first-order valence-corrected chi connectivity index (χ1v) is 6.97. The number of nitrogens with zero attached hydrogens (tertiary/aromatic N) is 5. The maximum atomic E-state index is 12.5. The zero-order chi connectivity index (χ0) is 15.6. The van der Waals surface area contributed by atoms with Crippen LogP contribution in [0.4, 0.5) is 0 Å². The molecule has 2 aromatic rings. The van der Waals surface area contributed by atoms with E-state index in [9.17, 15) is 4.79 Å². The molecule has 7 heteroatoms. The minimum atomic E-state index is -0.320. The van der Waals surface area contributed by atoms with Gasteiger partial charge in [-0.25, -0.2) is 4.98 Å². The van der Waals surface area contributed by atoms with Crippen LogP contribution in [0.15, 0.2) is 16.9 Å². The van der Waals surface area contributed by atoms with Gasteiger partial charge in [-0.3, -0.25) is 4.79 Å². The normalized spacial score (nSPS) is 12.7. The summed E-state index contributed by atoms with van der Waals surface area (Å²) in [5.41, 5.74) is 0. The zero-order valence-electron chi connectivity index (χ0n) is 13.1. The predicted octanol–water partition coefficient (Wildman–Crippen LogP) is 1.92. The van der Waals surface area contributed by atoms with Crippen LogP contribution < -0.4 is 0 Å². The molecule has 0 radical (unpaired) electrons. The van der Waals surface area contributed by atoms with Crippen molar-refractivity contribution in [2.24, 2.45) is 0 Å². The van der Waals surface area contributed by atoms with E-state index in [4.69, 9.17) is 4.52 Å². The van der Waals surface area contributed by atoms with Gasteiger partial charge in [-0.15, -0.1) is 0 Å². The van der Waals surface area contributed by atoms with Gasteiger partial charge in [0.05, 0.1) is 6.54 Å². The van der Waals surface area contributed by atoms with Gasteiger partial charge in [0.25, 0.3) is 0 Å². The summed E-state index contributed by atoms with van der Waals surface area (Å²) < 4.78 is 6.95. The van der Waals surface area contributed by atoms with Gasteiger partial charge in [-0.2, -0.15) is 4.98 Å². The average Bonchev–Trinajstić information content (AvgIpc) is 3.05. The summed E-state index contributed by atoms with van der Waals surface area (Å²) in [7, 11) is 1.73. The number of aryl methyl sites for hydroxylation is 1. The predicted molar refractivity (Wildman–Crippen MR) is 76.5 cm³/mol. The third-order valence-corrected chi connectivity index (χ3v) is 3.31. The van der Waals surface area contributed by atoms with Crippen LogP contribution in [0.5, 0.6) is 0 Å². The van der Waals surface area contributed by atoms with E-state index in [0.717, 1.165) is 5.82 Å². The van der Waals surface area contributed by atoms with Gasteiger partial charge in [0.15, 0.2) is 5.82 Å². The molecule has 0 aliphatic carbocycles. The highest BCUT2D eigenvalue weighted by atomic mass is 16.5. The summed E-state index contributed by atoms with van der Waals surface area (Å²) in [5.74, 6) is 2.14. The van der Waals surface area contributed by atoms with Crippen molar-refractivity contribution in [2.45, 2.75) is 46.2 Å². The Balaban J connectivity index is 2.09. The van der Waals surface area contributed by atoms with Gasteiger partial charge in [0.1, 0.15) is 11.9 Å². The Labute approximate surface area is 124 Å². The largest absolute Gasteiger partial charge is 0.337 e. The lowest BCUT2D eigenvalue weighted by molar-refractivity contribution is -0.133. The minimum Gasteiger partial charge on any atom is -0.337 e. The summed E-state index contributed by atoms with van der Waals surface area (Å²) in [6, 6.07) is -0.320. The van der Waals surface area contributed by atoms with Crippen LogP contribution >= 0.6 is 0 Å². The summed E-state index contributed by atoms with van der Waals surface area (Å²) in [6.07, 6.45) is 3.56. The van der Waals surface area contributed by atoms with Gasteiger partial charge in [0.2, 0.25) is 11.8 Å². The zero-order valence-corrected chi connectivity index (χ0v) is 13.1. The number of rotatable bonds is 5. The Morgan fingerprint density at radius 2 is 2.14 bits per heavy atom. The molecule has 2 heterocycles. The van der Waals surface area contributed by atoms with E-state index in [1.807, 2.05) is 17.7 Å². The first-order chi connectivity index (χ1) is 9.90. The smallest absolute Gasteiger partial charge is 0.246 e. The molecule has 0 aromatic carbocycles. The van der Waals surface area contributed by atoms with Crippen molar-refractivity contribution < 1.29 is 9.32 Å². The highest BCUT2D eigenvalue weighted by Crippen LogP contribution is 2.19. The highest BCUT2D eigenvalue weighted by molar-refractivity contribution is 5.79. The van der Waals surface area contributed by atoms with Crippen molar-refractivity contribution in [3.63, 3.8) is 0 Å². The SMILES string of the molecule is Cc1noc(CN(C)C(=O)[C@@H](C)n2ccnc2C(C)C)n1. The Hall–Kier alpha value is -2.18. The average molecular weight is 291 g/mol. The monoisotopic (exact) mass is 291 g/mol. The molecule has 21 heavy (non-hydrogen) atoms. The number of carbonyl (C=O) groups is 1. The molecule has 0 aliphatic heterocycles. The molecule has 1 atom stereocenters. The van der Waals surface area contributed by atoms with Crippen molar-refractivity contribution in [1.82, 2.24) is 24.6 Å². The lowest BCUT2D eigenvalue weighted by atomic mass is 10.2. The van der Waals surface area contributed by atoms with Crippen molar-refractivity contribution in [2.75, 3.05) is 7.05 Å². The second-order valence-corrected chi connectivity index (χ2v) is 5.45. The standard InChI is InChI=1S/C14H21N5O2/c1-9(2)13-15-6-7-19(13)10(3)14(20)18(5)8-12-16-11(4)17-21-12/h6-7,9-10H,8H2,1-5H3/t10-/m1/s1. The maximum absolute atomic E-state index is 12.5. The third-order valence-electron chi connectivity index (χ3n) is 3.31. The molecular weight excluding hydrogens is 270 g/mol. The molecule has 1 amide bonds. The van der Waals surface area contributed by atoms with Crippen LogP contribution in [0.1, 0.15) is 50.3 Å². The van der Waals surface area contributed by atoms with Crippen LogP contribution in [-0.4, -0.2) is 37.5 Å². The Morgan fingerprint density at radius 1 is 1.43 bits per heavy atom. The summed E-state index contributed by atoms with van der Waals surface area (Å²) >= 11 is 0. The maximum Gasteiger partial charge on any atom is 0.246 e. The van der Waals surface area contributed by atoms with Crippen molar-refractivity contribution in [3.05, 3.63) is 29.9 Å². The van der Waals surface area contributed by atoms with Gasteiger partial charge < -0.3 is 14.0 Å². The van der Waals surface area contributed by atoms with Crippen LogP contribution in [0, 0.1) is 6.92 Å². The van der Waals surface area contributed by atoms with E-state index in [1.165, 1.54) is 0 Å². The minimum absolute atomic E-state index is 0.0225. The van der Waals surface area contributed by atoms with E-state index in [1.54, 1.807) is 25.1 Å². The lowest BCUT2D eigenvalue weighted by Crippen LogP contribution is -2.33. The van der Waals surface area contributed by atoms with Gasteiger partial charge >= 0.3 is 0 Å². The summed E-state index contributed by atoms with van der Waals surface area (Å²) in [4.78, 5) is 22.5. The second kappa shape index (κ2) is 6.07. The molecule has 0 unspecified atom stereocenters. The molecule has 0 saturated heterocycles. The molecular formula is C14H21N5O2. The highest BCUT2D eigenvalue weighted by Gasteiger charge is 2.23. The quantitative estimate of drug-likeness (QED) is 0.841. The molecule has 7 nitrogen and oxygen atoms in total. The Kier molecular flexibility index (Phi) is 4.40. The third kappa shape index (κ3) is 3.29. The molecule has 0 saturated carbocycles. The number of amides is 1. The van der Waals surface area contributed by atoms with E-state index in [-0.39, 0.29) is 17.9 Å². The van der Waals surface area contributed by atoms with Crippen LogP contribution in [0.25, 0.3) is 0 Å². The summed E-state index contributed by atoms with van der Waals surface area (Å²) in [5, 5.41) is 3.72. The fourth-order valence-corrected chi connectivity index (χ4v) is 2.22. The molecule has 2 rings (SSSR count). The van der Waals surface area contributed by atoms with Crippen molar-refractivity contribution in [3.8, 4) is 0 Å². The van der Waals surface area contributed by atoms with E-state index in [2.05, 4.69) is 29.0 Å². The second-order valence-electron chi connectivity index (χ2n) is 5.45. The van der Waals surface area contributed by atoms with Crippen LogP contribution in [0.2, 0.25) is 0 Å². The van der Waals surface area contributed by atoms with E-state index in [0.29, 0.717) is 18.3 Å². The molecule has 0 N–H and O–H groups in total. The Bertz CT molecular complexity index is 616. The molecule has 0 bridgehead atoms. The van der Waals surface area contributed by atoms with Gasteiger partial charge in [-0.05, 0) is 13.8 Å². The van der Waals surface area contributed by atoms with Crippen molar-refractivity contribution >= 4 is 5.91 Å². The Morgan fingerprint density at radius 3 is 2.71 bits per heavy atom. The molecule has 0 aliphatic rings. The molecule has 0 fully saturated rings. The number of aromatic nitrogens is 4. The van der Waals surface area contributed by atoms with Gasteiger partial charge in [0, 0.05) is 25.4 Å². The topological polar surface area (TPSA) is 77.0 Å². The molecule has 114 valence electrons. The van der Waals surface area contributed by atoms with Gasteiger partial charge in [-0.1, -0.05) is 19.0 Å². The number of hydrogen-bond donors (Lipinski definition) is 0. The van der Waals surface area contributed by atoms with E-state index >= 15 is 0 Å². The van der Waals surface area contributed by atoms with Crippen molar-refractivity contribution in [1.29, 1.82) is 0 Å². The van der Waals surface area contributed by atoms with Crippen LogP contribution in [-0.2, 0) is 11.3 Å². The number of carbonyl (C=O) groups excluding carboxylic acids is 1. The lowest BCUT2D eigenvalue weighted by Gasteiger charge is -2.22. The first-order valence-electron chi connectivity index (χ1n) is 6.97. The van der Waals surface area contributed by atoms with Crippen LogP contribution in [0.3, 0.4) is 0 Å². The number of imidazole rings is 1. The number of likely N-dealkylation sites (N-methyl/N-ethyl adjacent to an activating group) is 1. The molecule has 2 aromatic heterocycles. The number of hydrogen-bond acceptors (Lipinski definition) is 5.